The summed E-state index contributed by atoms with van der Waals surface area (Å²) in [5.41, 5.74) is 0. The van der Waals surface area contributed by atoms with Crippen molar-refractivity contribution in [3.63, 3.8) is 0 Å². The molecule has 1 aliphatic heterocycles. The highest BCUT2D eigenvalue weighted by Gasteiger charge is 2.39. The van der Waals surface area contributed by atoms with Crippen molar-refractivity contribution < 1.29 is 19.8 Å². The second kappa shape index (κ2) is 14.6. The van der Waals surface area contributed by atoms with Crippen molar-refractivity contribution in [1.82, 2.24) is 10.2 Å². The first-order valence-electron chi connectivity index (χ1n) is 11.4. The zero-order valence-electron chi connectivity index (χ0n) is 18.4. The van der Waals surface area contributed by atoms with Crippen molar-refractivity contribution >= 4 is 18.0 Å². The number of ketones is 1. The smallest absolute Gasteiger partial charge is 0.317 e. The van der Waals surface area contributed by atoms with Crippen molar-refractivity contribution in [2.45, 2.75) is 103 Å². The maximum Gasteiger partial charge on any atom is 0.317 e. The Morgan fingerprint density at radius 2 is 1.62 bits per heavy atom. The van der Waals surface area contributed by atoms with E-state index >= 15 is 0 Å². The molecule has 168 valence electrons. The van der Waals surface area contributed by atoms with Crippen molar-refractivity contribution in [2.75, 3.05) is 19.6 Å². The number of hydrogen-bond donors (Lipinski definition) is 3. The van der Waals surface area contributed by atoms with Gasteiger partial charge in [0.25, 0.3) is 0 Å². The van der Waals surface area contributed by atoms with E-state index in [1.165, 1.54) is 64.7 Å². The monoisotopic (exact) mass is 411 g/mol. The van der Waals surface area contributed by atoms with E-state index in [4.69, 9.17) is 5.11 Å². The van der Waals surface area contributed by atoms with Crippen molar-refractivity contribution in [2.24, 2.45) is 4.99 Å². The number of rotatable bonds is 18. The van der Waals surface area contributed by atoms with E-state index in [2.05, 4.69) is 17.2 Å². The Morgan fingerprint density at radius 3 is 2.14 bits per heavy atom. The molecule has 2 unspecified atom stereocenters. The van der Waals surface area contributed by atoms with Crippen molar-refractivity contribution in [3.05, 3.63) is 0 Å². The first-order valence-corrected chi connectivity index (χ1v) is 11.4. The van der Waals surface area contributed by atoms with E-state index in [-0.39, 0.29) is 18.9 Å². The number of aliphatic imine (C=N–C) groups is 1. The summed E-state index contributed by atoms with van der Waals surface area (Å²) in [5, 5.41) is 21.6. The first kappa shape index (κ1) is 25.7. The minimum Gasteiger partial charge on any atom is -0.480 e. The van der Waals surface area contributed by atoms with Crippen LogP contribution in [0.25, 0.3) is 0 Å². The van der Waals surface area contributed by atoms with Crippen LogP contribution < -0.4 is 5.32 Å². The third-order valence-corrected chi connectivity index (χ3v) is 5.59. The molecule has 7 heteroatoms. The molecule has 0 bridgehead atoms. The summed E-state index contributed by atoms with van der Waals surface area (Å²) in [6.07, 6.45) is 15.0. The Hall–Kier alpha value is -1.31. The fourth-order valence-corrected chi connectivity index (χ4v) is 3.76. The third kappa shape index (κ3) is 10.3. The average Bonchev–Trinajstić information content (AvgIpc) is 3.07. The fraction of sp³-hybridized carbons (Fsp3) is 0.864. The number of carbonyl (C=O) groups is 2. The minimum absolute atomic E-state index is 0.0579. The zero-order valence-corrected chi connectivity index (χ0v) is 18.4. The molecular weight excluding hydrogens is 370 g/mol. The van der Waals surface area contributed by atoms with Gasteiger partial charge in [-0.3, -0.25) is 24.8 Å². The summed E-state index contributed by atoms with van der Waals surface area (Å²) in [6, 6.07) is 0. The van der Waals surface area contributed by atoms with E-state index in [0.717, 1.165) is 12.8 Å². The van der Waals surface area contributed by atoms with Crippen LogP contribution in [-0.4, -0.2) is 64.6 Å². The molecule has 0 fully saturated rings. The maximum atomic E-state index is 12.0. The summed E-state index contributed by atoms with van der Waals surface area (Å²) < 4.78 is 0. The quantitative estimate of drug-likeness (QED) is 0.299. The van der Waals surface area contributed by atoms with Crippen LogP contribution in [0.2, 0.25) is 0 Å². The van der Waals surface area contributed by atoms with Gasteiger partial charge in [0.05, 0.1) is 13.1 Å². The maximum absolute atomic E-state index is 12.0. The molecule has 1 rings (SSSR count). The van der Waals surface area contributed by atoms with Crippen LogP contribution in [0.4, 0.5) is 0 Å². The number of carbonyl (C=O) groups excluding carboxylic acids is 1. The number of Topliss-reactive ketones (excluding diaryl/α,β-unsaturated/α-hetero) is 1. The van der Waals surface area contributed by atoms with Crippen molar-refractivity contribution in [3.8, 4) is 0 Å². The van der Waals surface area contributed by atoms with Gasteiger partial charge in [-0.05, 0) is 13.3 Å². The van der Waals surface area contributed by atoms with E-state index in [1.54, 1.807) is 6.21 Å². The fourth-order valence-electron chi connectivity index (χ4n) is 3.76. The van der Waals surface area contributed by atoms with Crippen LogP contribution in [0, 0.1) is 0 Å². The van der Waals surface area contributed by atoms with Gasteiger partial charge in [0.1, 0.15) is 6.10 Å². The Kier molecular flexibility index (Phi) is 13.0. The molecule has 0 amide bonds. The molecule has 0 saturated carbocycles. The van der Waals surface area contributed by atoms with Crippen LogP contribution in [0.3, 0.4) is 0 Å². The lowest BCUT2D eigenvalue weighted by Crippen LogP contribution is -2.58. The Morgan fingerprint density at radius 1 is 1.07 bits per heavy atom. The van der Waals surface area contributed by atoms with Crippen LogP contribution in [0.5, 0.6) is 0 Å². The van der Waals surface area contributed by atoms with Gasteiger partial charge in [0, 0.05) is 19.2 Å². The summed E-state index contributed by atoms with van der Waals surface area (Å²) in [5.74, 6) is -2.09. The van der Waals surface area contributed by atoms with Crippen LogP contribution in [-0.2, 0) is 9.59 Å². The third-order valence-electron chi connectivity index (χ3n) is 5.59. The van der Waals surface area contributed by atoms with Gasteiger partial charge in [-0.25, -0.2) is 0 Å². The van der Waals surface area contributed by atoms with Gasteiger partial charge < -0.3 is 10.2 Å². The minimum atomic E-state index is -1.03. The summed E-state index contributed by atoms with van der Waals surface area (Å²) in [7, 11) is 0. The molecule has 3 N–H and O–H groups in total. The number of unbranched alkanes of at least 4 members (excludes halogenated alkanes) is 10. The van der Waals surface area contributed by atoms with E-state index in [9.17, 15) is 14.7 Å². The number of carboxylic acid groups (broad SMARTS) is 1. The summed E-state index contributed by atoms with van der Waals surface area (Å²) in [4.78, 5) is 29.4. The van der Waals surface area contributed by atoms with Gasteiger partial charge in [0.15, 0.2) is 11.6 Å². The lowest BCUT2D eigenvalue weighted by molar-refractivity contribution is -0.137. The summed E-state index contributed by atoms with van der Waals surface area (Å²) in [6.45, 7) is 4.01. The Balaban J connectivity index is 2.36. The zero-order chi connectivity index (χ0) is 21.5. The number of aliphatic hydroxyl groups is 1. The predicted molar refractivity (Wildman–Crippen MR) is 116 cm³/mol. The number of aliphatic hydroxyl groups excluding tert-OH is 1. The van der Waals surface area contributed by atoms with Gasteiger partial charge in [-0.1, -0.05) is 71.1 Å². The lowest BCUT2D eigenvalue weighted by Gasteiger charge is -2.37. The molecule has 0 aromatic carbocycles. The first-order chi connectivity index (χ1) is 13.9. The topological polar surface area (TPSA) is 102 Å². The average molecular weight is 412 g/mol. The van der Waals surface area contributed by atoms with E-state index in [0.29, 0.717) is 13.0 Å². The van der Waals surface area contributed by atoms with Crippen LogP contribution in [0.15, 0.2) is 4.99 Å². The molecule has 0 spiro atoms. The Labute approximate surface area is 176 Å². The normalized spacial score (nSPS) is 20.2. The standard InChI is InChI=1S/C22H41N3O4/c1-3-4-5-6-7-8-9-10-11-12-13-14-22(24-17-21(28)29)23-15-16-25(22)18-20(27)19(2)26/h15,19,24,26H,3-14,16-18H2,1-2H3,(H,28,29). The highest BCUT2D eigenvalue weighted by Crippen LogP contribution is 2.26. The molecule has 0 saturated heterocycles. The van der Waals surface area contributed by atoms with Crippen molar-refractivity contribution in [1.29, 1.82) is 0 Å². The van der Waals surface area contributed by atoms with Gasteiger partial charge in [-0.15, -0.1) is 0 Å². The SMILES string of the molecule is CCCCCCCCCCCCCC1(NCC(=O)O)N=CCN1CC(=O)C(C)O. The molecule has 29 heavy (non-hydrogen) atoms. The predicted octanol–water partition coefficient (Wildman–Crippen LogP) is 3.35. The van der Waals surface area contributed by atoms with Crippen LogP contribution in [0.1, 0.15) is 90.9 Å². The molecule has 0 radical (unpaired) electrons. The van der Waals surface area contributed by atoms with Gasteiger partial charge in [-0.2, -0.15) is 0 Å². The molecule has 7 nitrogen and oxygen atoms in total. The molecular formula is C22H41N3O4. The Bertz CT molecular complexity index is 510. The summed E-state index contributed by atoms with van der Waals surface area (Å²) >= 11 is 0. The molecule has 1 heterocycles. The highest BCUT2D eigenvalue weighted by molar-refractivity contribution is 5.85. The molecule has 2 atom stereocenters. The number of nitrogens with one attached hydrogen (secondary N) is 1. The number of hydrogen-bond acceptors (Lipinski definition) is 6. The second-order valence-electron chi connectivity index (χ2n) is 8.18. The van der Waals surface area contributed by atoms with Gasteiger partial charge >= 0.3 is 5.97 Å². The lowest BCUT2D eigenvalue weighted by atomic mass is 10.0. The largest absolute Gasteiger partial charge is 0.480 e. The van der Waals surface area contributed by atoms with Gasteiger partial charge in [0.2, 0.25) is 0 Å². The molecule has 0 aliphatic carbocycles. The molecule has 0 aromatic heterocycles. The van der Waals surface area contributed by atoms with E-state index in [1.807, 2.05) is 4.90 Å². The molecule has 1 aliphatic rings. The highest BCUT2D eigenvalue weighted by atomic mass is 16.4. The van der Waals surface area contributed by atoms with E-state index < -0.39 is 17.9 Å². The number of carboxylic acids is 1. The number of aliphatic carboxylic acids is 1. The molecule has 0 aromatic rings. The van der Waals surface area contributed by atoms with Crippen LogP contribution >= 0.6 is 0 Å². The second-order valence-corrected chi connectivity index (χ2v) is 8.18. The number of nitrogens with zero attached hydrogens (tertiary/aromatic N) is 2.